The van der Waals surface area contributed by atoms with Gasteiger partial charge in [-0.1, -0.05) is 135 Å². The molecule has 3 heteroatoms. The van der Waals surface area contributed by atoms with Crippen molar-refractivity contribution >= 4 is 61.2 Å². The monoisotopic (exact) mass is 704 g/mol. The van der Waals surface area contributed by atoms with Crippen molar-refractivity contribution in [3.05, 3.63) is 12.7 Å². The van der Waals surface area contributed by atoms with Crippen molar-refractivity contribution in [2.75, 3.05) is 0 Å². The van der Waals surface area contributed by atoms with Gasteiger partial charge < -0.3 is 0 Å². The number of rotatable bonds is 3. The summed E-state index contributed by atoms with van der Waals surface area (Å²) in [6, 6.07) is 0. The Labute approximate surface area is 207 Å². The summed E-state index contributed by atoms with van der Waals surface area (Å²) in [7, 11) is 0. The highest BCUT2D eigenvalue weighted by Crippen LogP contribution is 1.89. The molecule has 25 heavy (non-hydrogen) atoms. The molecule has 0 atom stereocenters. The number of allylic oxidation sites excluding steroid dienone is 1. The summed E-state index contributed by atoms with van der Waals surface area (Å²) >= 11 is 4.24. The zero-order chi connectivity index (χ0) is 22.2. The van der Waals surface area contributed by atoms with Gasteiger partial charge in [-0.05, 0) is 6.92 Å². The van der Waals surface area contributed by atoms with E-state index in [-0.39, 0.29) is 24.0 Å². The van der Waals surface area contributed by atoms with Gasteiger partial charge in [0, 0.05) is 37.2 Å². The predicted octanol–water partition coefficient (Wildman–Crippen LogP) is 12.7. The van der Waals surface area contributed by atoms with E-state index < -0.39 is 0 Å². The van der Waals surface area contributed by atoms with E-state index in [2.05, 4.69) is 71.5 Å². The summed E-state index contributed by atoms with van der Waals surface area (Å²) in [6.07, 6.45) is 8.47. The third-order valence-electron chi connectivity index (χ3n) is 1.21. The molecule has 0 aromatic carbocycles. The molecule has 0 spiro atoms. The van der Waals surface area contributed by atoms with Gasteiger partial charge in [-0.15, -0.1) is 30.6 Å². The van der Waals surface area contributed by atoms with Crippen molar-refractivity contribution in [1.82, 2.24) is 0 Å². The van der Waals surface area contributed by atoms with Crippen LogP contribution in [0.25, 0.3) is 0 Å². The second-order valence-electron chi connectivity index (χ2n) is 2.76. The molecule has 0 aromatic heterocycles. The second kappa shape index (κ2) is 256. The highest BCUT2D eigenvalue weighted by molar-refractivity contribution is 15.0. The van der Waals surface area contributed by atoms with Crippen molar-refractivity contribution in [2.45, 2.75) is 136 Å². The first-order chi connectivity index (χ1) is 11.7. The first-order valence-electron chi connectivity index (χ1n) is 10.5. The topological polar surface area (TPSA) is 0 Å². The fourth-order valence-corrected chi connectivity index (χ4v) is 0.354. The van der Waals surface area contributed by atoms with Crippen LogP contribution < -0.4 is 0 Å². The number of unbranched alkanes of at least 4 members (excludes halogenated alkanes) is 3. The Hall–Kier alpha value is 1.93. The highest BCUT2D eigenvalue weighted by Gasteiger charge is 1.68. The molecule has 0 aromatic rings. The van der Waals surface area contributed by atoms with Crippen LogP contribution in [-0.4, -0.2) is 0 Å². The second-order valence-corrected chi connectivity index (χ2v) is 2.76. The lowest BCUT2D eigenvalue weighted by molar-refractivity contribution is 0.772. The summed E-state index contributed by atoms with van der Waals surface area (Å²) in [4.78, 5) is 0. The van der Waals surface area contributed by atoms with Crippen LogP contribution in [0.3, 0.4) is 0 Å². The maximum Gasteiger partial charge on any atom is 0 e. The average Bonchev–Trinajstić information content (AvgIpc) is 2.72. The minimum atomic E-state index is 0. The molecule has 0 fully saturated rings. The third-order valence-corrected chi connectivity index (χ3v) is 1.21. The van der Waals surface area contributed by atoms with Crippen LogP contribution >= 0.6 is 61.2 Å². The summed E-state index contributed by atoms with van der Waals surface area (Å²) in [6.45, 7) is 34.0. The number of hydrogen-bond acceptors (Lipinski definition) is 0. The Kier molecular flexibility index (Phi) is 648. The van der Waals surface area contributed by atoms with E-state index in [0.29, 0.717) is 0 Å². The standard InChI is InChI=1S/C5H12.C4H10.C3H6.5C2H6.I2.HI/c1-3-5-4-2;1-3-4-2;1-3-2;6*1-2;/h3-5H2,1-2H3;3-4H2,1-2H3;3H,1H2,2H3;5*1-2H3;;1H. The van der Waals surface area contributed by atoms with Gasteiger partial charge in [0.2, 0.25) is 0 Å². The smallest absolute Gasteiger partial charge is 0 e. The highest BCUT2D eigenvalue weighted by atomic mass is 128. The molecule has 0 nitrogen and oxygen atoms in total. The molecular formula is C22H59I3. The van der Waals surface area contributed by atoms with Gasteiger partial charge in [0.05, 0.1) is 0 Å². The molecule has 0 bridgehead atoms. The Morgan fingerprint density at radius 3 is 0.680 bits per heavy atom. The van der Waals surface area contributed by atoms with Crippen LogP contribution in [0.2, 0.25) is 0 Å². The van der Waals surface area contributed by atoms with Gasteiger partial charge in [-0.25, -0.2) is 0 Å². The van der Waals surface area contributed by atoms with Crippen molar-refractivity contribution in [1.29, 1.82) is 0 Å². The maximum absolute atomic E-state index is 3.36. The summed E-state index contributed by atoms with van der Waals surface area (Å²) in [5.41, 5.74) is 0. The summed E-state index contributed by atoms with van der Waals surface area (Å²) in [5.74, 6) is 0. The quantitative estimate of drug-likeness (QED) is 0.203. The summed E-state index contributed by atoms with van der Waals surface area (Å²) in [5, 5.41) is 0. The lowest BCUT2D eigenvalue weighted by Crippen LogP contribution is -1.59. The van der Waals surface area contributed by atoms with Crippen molar-refractivity contribution < 1.29 is 0 Å². The number of halogens is 3. The molecule has 0 N–H and O–H groups in total. The van der Waals surface area contributed by atoms with Gasteiger partial charge in [0.25, 0.3) is 0 Å². The fourth-order valence-electron chi connectivity index (χ4n) is 0.354. The molecule has 168 valence electrons. The van der Waals surface area contributed by atoms with Crippen LogP contribution in [-0.2, 0) is 0 Å². The lowest BCUT2D eigenvalue weighted by atomic mass is 10.3. The molecule has 0 radical (unpaired) electrons. The van der Waals surface area contributed by atoms with Crippen LogP contribution in [0.4, 0.5) is 0 Å². The SMILES string of the molecule is C=CC.CC.CC.CC.CC.CC.CCCC.CCCCC.I.II. The lowest BCUT2D eigenvalue weighted by Gasteiger charge is -1.79. The molecule has 0 saturated heterocycles. The van der Waals surface area contributed by atoms with Crippen LogP contribution in [0.5, 0.6) is 0 Å². The first kappa shape index (κ1) is 63.2. The van der Waals surface area contributed by atoms with E-state index in [0.717, 1.165) is 0 Å². The van der Waals surface area contributed by atoms with Gasteiger partial charge in [0.15, 0.2) is 0 Å². The Morgan fingerprint density at radius 1 is 0.560 bits per heavy atom. The summed E-state index contributed by atoms with van der Waals surface area (Å²) < 4.78 is 0. The van der Waals surface area contributed by atoms with E-state index in [1.807, 2.05) is 76.2 Å². The van der Waals surface area contributed by atoms with Crippen molar-refractivity contribution in [3.63, 3.8) is 0 Å². The fraction of sp³-hybridized carbons (Fsp3) is 0.909. The van der Waals surface area contributed by atoms with Gasteiger partial charge in [-0.2, -0.15) is 0 Å². The molecule has 0 saturated carbocycles. The molecule has 0 heterocycles. The van der Waals surface area contributed by atoms with Crippen molar-refractivity contribution in [2.24, 2.45) is 0 Å². The minimum absolute atomic E-state index is 0. The Bertz CT molecular complexity index is 55.2. The maximum atomic E-state index is 3.36. The van der Waals surface area contributed by atoms with E-state index in [4.69, 9.17) is 0 Å². The van der Waals surface area contributed by atoms with Crippen LogP contribution in [0.15, 0.2) is 12.7 Å². The largest absolute Gasteiger partial charge is 0.107 e. The van der Waals surface area contributed by atoms with Gasteiger partial charge in [0.1, 0.15) is 0 Å². The molecule has 0 rings (SSSR count). The van der Waals surface area contributed by atoms with Crippen LogP contribution in [0.1, 0.15) is 136 Å². The minimum Gasteiger partial charge on any atom is -0.107 e. The predicted molar refractivity (Wildman–Crippen MR) is 162 cm³/mol. The molecule has 0 aliphatic rings. The van der Waals surface area contributed by atoms with E-state index in [1.54, 1.807) is 6.08 Å². The number of hydrogen-bond donors (Lipinski definition) is 0. The zero-order valence-corrected chi connectivity index (χ0v) is 27.6. The van der Waals surface area contributed by atoms with Gasteiger partial charge in [-0.3, -0.25) is 0 Å². The van der Waals surface area contributed by atoms with Gasteiger partial charge >= 0.3 is 0 Å². The average molecular weight is 704 g/mol. The third kappa shape index (κ3) is 611. The van der Waals surface area contributed by atoms with E-state index in [9.17, 15) is 0 Å². The first-order valence-corrected chi connectivity index (χ1v) is 16.7. The molecule has 0 unspecified atom stereocenters. The Morgan fingerprint density at radius 2 is 0.680 bits per heavy atom. The Balaban J connectivity index is -0.0000000130. The van der Waals surface area contributed by atoms with E-state index in [1.165, 1.54) is 32.1 Å². The zero-order valence-electron chi connectivity index (χ0n) is 21.0. The normalized spacial score (nSPS) is 4.84. The molecule has 0 amide bonds. The van der Waals surface area contributed by atoms with Crippen LogP contribution in [0, 0.1) is 0 Å². The van der Waals surface area contributed by atoms with Crippen molar-refractivity contribution in [3.8, 4) is 0 Å². The molecular weight excluding hydrogens is 645 g/mol. The molecule has 0 aliphatic carbocycles. The molecule has 0 aliphatic heterocycles. The van der Waals surface area contributed by atoms with E-state index >= 15 is 0 Å².